The molecule has 0 spiro atoms. The third-order valence-corrected chi connectivity index (χ3v) is 3.67. The van der Waals surface area contributed by atoms with Crippen LogP contribution in [0.3, 0.4) is 0 Å². The molecule has 0 aliphatic carbocycles. The van der Waals surface area contributed by atoms with Crippen molar-refractivity contribution in [2.24, 2.45) is 0 Å². The van der Waals surface area contributed by atoms with Crippen molar-refractivity contribution in [2.45, 2.75) is 0 Å². The Hall–Kier alpha value is -4.44. The Kier molecular flexibility index (Phi) is 5.26. The zero-order valence-corrected chi connectivity index (χ0v) is 15.1. The van der Waals surface area contributed by atoms with E-state index < -0.39 is 0 Å². The molecule has 3 aromatic carbocycles. The quantitative estimate of drug-likeness (QED) is 0.457. The number of aromatic nitrogens is 3. The molecular weight excluding hydrogens is 368 g/mol. The number of hydrogen-bond donors (Lipinski definition) is 0. The van der Waals surface area contributed by atoms with E-state index in [1.165, 1.54) is 0 Å². The third-order valence-electron chi connectivity index (χ3n) is 3.67. The van der Waals surface area contributed by atoms with E-state index in [1.807, 2.05) is 36.4 Å². The van der Waals surface area contributed by atoms with Crippen LogP contribution in [0.25, 0.3) is 0 Å². The van der Waals surface area contributed by atoms with E-state index in [-0.39, 0.29) is 18.0 Å². The highest BCUT2D eigenvalue weighted by molar-refractivity contribution is 5.36. The fraction of sp³-hybridized carbons (Fsp3) is 0. The van der Waals surface area contributed by atoms with Crippen LogP contribution in [0.2, 0.25) is 0 Å². The first-order valence-corrected chi connectivity index (χ1v) is 8.68. The smallest absolute Gasteiger partial charge is 0.331 e. The van der Waals surface area contributed by atoms with E-state index in [0.29, 0.717) is 22.8 Å². The highest BCUT2D eigenvalue weighted by Gasteiger charge is 2.13. The second-order valence-corrected chi connectivity index (χ2v) is 5.75. The van der Waals surface area contributed by atoms with Crippen LogP contribution in [-0.4, -0.2) is 15.0 Å². The van der Waals surface area contributed by atoms with Gasteiger partial charge >= 0.3 is 18.0 Å². The predicted molar refractivity (Wildman–Crippen MR) is 104 cm³/mol. The highest BCUT2D eigenvalue weighted by atomic mass is 16.5. The van der Waals surface area contributed by atoms with Crippen LogP contribution in [0.1, 0.15) is 5.56 Å². The van der Waals surface area contributed by atoms with E-state index in [2.05, 4.69) is 21.0 Å². The molecule has 1 aromatic heterocycles. The number of nitriles is 1. The van der Waals surface area contributed by atoms with Crippen molar-refractivity contribution in [2.75, 3.05) is 0 Å². The topological polar surface area (TPSA) is 90.2 Å². The van der Waals surface area contributed by atoms with Crippen LogP contribution in [0.4, 0.5) is 0 Å². The summed E-state index contributed by atoms with van der Waals surface area (Å²) in [6.45, 7) is 0. The van der Waals surface area contributed by atoms with Crippen molar-refractivity contribution < 1.29 is 14.2 Å². The average molecular weight is 382 g/mol. The maximum atomic E-state index is 8.91. The second kappa shape index (κ2) is 8.50. The van der Waals surface area contributed by atoms with Crippen molar-refractivity contribution in [1.29, 1.82) is 5.26 Å². The normalized spacial score (nSPS) is 10.0. The molecule has 0 fully saturated rings. The molecule has 0 aliphatic rings. The molecule has 0 radical (unpaired) electrons. The largest absolute Gasteiger partial charge is 0.424 e. The van der Waals surface area contributed by atoms with Crippen molar-refractivity contribution in [3.63, 3.8) is 0 Å². The minimum atomic E-state index is 0.00145. The van der Waals surface area contributed by atoms with Crippen LogP contribution in [0.15, 0.2) is 84.9 Å². The van der Waals surface area contributed by atoms with Crippen molar-refractivity contribution >= 4 is 0 Å². The van der Waals surface area contributed by atoms with Gasteiger partial charge in [0.1, 0.15) is 17.2 Å². The molecule has 0 saturated heterocycles. The molecule has 0 saturated carbocycles. The van der Waals surface area contributed by atoms with Crippen LogP contribution < -0.4 is 14.2 Å². The van der Waals surface area contributed by atoms with Crippen molar-refractivity contribution in [3.8, 4) is 41.3 Å². The van der Waals surface area contributed by atoms with Crippen molar-refractivity contribution in [1.82, 2.24) is 15.0 Å². The van der Waals surface area contributed by atoms with E-state index in [9.17, 15) is 0 Å². The summed E-state index contributed by atoms with van der Waals surface area (Å²) in [6, 6.07) is 26.9. The molecule has 29 heavy (non-hydrogen) atoms. The fourth-order valence-electron chi connectivity index (χ4n) is 2.35. The maximum absolute atomic E-state index is 8.91. The Morgan fingerprint density at radius 2 is 0.897 bits per heavy atom. The summed E-state index contributed by atoms with van der Waals surface area (Å²) in [5.74, 6) is 1.59. The zero-order chi connectivity index (χ0) is 19.9. The summed E-state index contributed by atoms with van der Waals surface area (Å²) in [5.41, 5.74) is 0.522. The van der Waals surface area contributed by atoms with Crippen LogP contribution in [0, 0.1) is 11.3 Å². The lowest BCUT2D eigenvalue weighted by molar-refractivity contribution is 0.362. The summed E-state index contributed by atoms with van der Waals surface area (Å²) in [7, 11) is 0. The van der Waals surface area contributed by atoms with Crippen LogP contribution in [0.5, 0.6) is 35.3 Å². The first kappa shape index (κ1) is 17.9. The van der Waals surface area contributed by atoms with Gasteiger partial charge in [0.2, 0.25) is 0 Å². The van der Waals surface area contributed by atoms with Gasteiger partial charge in [-0.2, -0.15) is 5.26 Å². The summed E-state index contributed by atoms with van der Waals surface area (Å²) >= 11 is 0. The Morgan fingerprint density at radius 1 is 0.517 bits per heavy atom. The standard InChI is InChI=1S/C22H14N4O3/c23-15-16-11-13-19(14-12-16)29-22-25-20(27-17-7-3-1-4-8-17)24-21(26-22)28-18-9-5-2-6-10-18/h1-14H. The molecule has 4 aromatic rings. The van der Waals surface area contributed by atoms with E-state index in [4.69, 9.17) is 19.5 Å². The van der Waals surface area contributed by atoms with Gasteiger partial charge in [-0.15, -0.1) is 15.0 Å². The van der Waals surface area contributed by atoms with E-state index >= 15 is 0 Å². The van der Waals surface area contributed by atoms with Gasteiger partial charge in [-0.05, 0) is 48.5 Å². The minimum Gasteiger partial charge on any atom is -0.424 e. The number of rotatable bonds is 6. The molecule has 0 atom stereocenters. The van der Waals surface area contributed by atoms with Gasteiger partial charge in [-0.3, -0.25) is 0 Å². The summed E-state index contributed by atoms with van der Waals surface area (Å²) < 4.78 is 17.1. The Bertz CT molecular complexity index is 1070. The lowest BCUT2D eigenvalue weighted by Crippen LogP contribution is -2.01. The van der Waals surface area contributed by atoms with Gasteiger partial charge in [0.05, 0.1) is 11.6 Å². The monoisotopic (exact) mass is 382 g/mol. The predicted octanol–water partition coefficient (Wildman–Crippen LogP) is 5.12. The maximum Gasteiger partial charge on any atom is 0.331 e. The molecule has 0 amide bonds. The molecule has 0 unspecified atom stereocenters. The SMILES string of the molecule is N#Cc1ccc(Oc2nc(Oc3ccccc3)nc(Oc3ccccc3)n2)cc1. The number of nitrogens with zero attached hydrogens (tertiary/aromatic N) is 4. The average Bonchev–Trinajstić information content (AvgIpc) is 2.76. The summed E-state index contributed by atoms with van der Waals surface area (Å²) in [5, 5.41) is 8.91. The van der Waals surface area contributed by atoms with Gasteiger partial charge < -0.3 is 14.2 Å². The first-order valence-electron chi connectivity index (χ1n) is 8.68. The molecule has 0 aliphatic heterocycles. The van der Waals surface area contributed by atoms with Crippen LogP contribution in [-0.2, 0) is 0 Å². The molecular formula is C22H14N4O3. The molecule has 4 rings (SSSR count). The molecule has 140 valence electrons. The number of hydrogen-bond acceptors (Lipinski definition) is 7. The van der Waals surface area contributed by atoms with E-state index in [0.717, 1.165) is 0 Å². The highest BCUT2D eigenvalue weighted by Crippen LogP contribution is 2.26. The Morgan fingerprint density at radius 3 is 1.28 bits per heavy atom. The third kappa shape index (κ3) is 4.84. The first-order chi connectivity index (χ1) is 14.3. The van der Waals surface area contributed by atoms with E-state index in [1.54, 1.807) is 48.5 Å². The van der Waals surface area contributed by atoms with Gasteiger partial charge in [0.15, 0.2) is 0 Å². The number of benzene rings is 3. The Labute approximate surface area is 166 Å². The van der Waals surface area contributed by atoms with Gasteiger partial charge in [0.25, 0.3) is 0 Å². The molecule has 0 bridgehead atoms. The molecule has 7 nitrogen and oxygen atoms in total. The lowest BCUT2D eigenvalue weighted by Gasteiger charge is -2.09. The lowest BCUT2D eigenvalue weighted by atomic mass is 10.2. The second-order valence-electron chi connectivity index (χ2n) is 5.75. The number of ether oxygens (including phenoxy) is 3. The number of para-hydroxylation sites is 2. The zero-order valence-electron chi connectivity index (χ0n) is 15.1. The summed E-state index contributed by atoms with van der Waals surface area (Å²) in [4.78, 5) is 12.6. The fourth-order valence-corrected chi connectivity index (χ4v) is 2.35. The van der Waals surface area contributed by atoms with Gasteiger partial charge in [-0.25, -0.2) is 0 Å². The Balaban J connectivity index is 1.63. The summed E-state index contributed by atoms with van der Waals surface area (Å²) in [6.07, 6.45) is 0. The van der Waals surface area contributed by atoms with Gasteiger partial charge in [0, 0.05) is 0 Å². The van der Waals surface area contributed by atoms with Gasteiger partial charge in [-0.1, -0.05) is 36.4 Å². The minimum absolute atomic E-state index is 0.00145. The van der Waals surface area contributed by atoms with Crippen LogP contribution >= 0.6 is 0 Å². The van der Waals surface area contributed by atoms with Crippen molar-refractivity contribution in [3.05, 3.63) is 90.5 Å². The molecule has 7 heteroatoms. The molecule has 0 N–H and O–H groups in total. The molecule has 1 heterocycles.